The molecule has 0 N–H and O–H groups in total. The lowest BCUT2D eigenvalue weighted by atomic mass is 9.86. The van der Waals surface area contributed by atoms with E-state index in [-0.39, 0.29) is 5.82 Å². The predicted molar refractivity (Wildman–Crippen MR) is 112 cm³/mol. The average Bonchev–Trinajstić information content (AvgIpc) is 2.73. The molecule has 29 heavy (non-hydrogen) atoms. The van der Waals surface area contributed by atoms with Crippen molar-refractivity contribution in [2.24, 2.45) is 0 Å². The lowest BCUT2D eigenvalue weighted by Crippen LogP contribution is -1.94. The lowest BCUT2D eigenvalue weighted by molar-refractivity contribution is 0.586. The molecule has 0 aliphatic carbocycles. The van der Waals surface area contributed by atoms with Gasteiger partial charge in [0.1, 0.15) is 17.5 Å². The molecule has 0 aliphatic rings. The first-order valence-corrected chi connectivity index (χ1v) is 9.28. The van der Waals surface area contributed by atoms with Crippen LogP contribution >= 0.6 is 0 Å². The van der Waals surface area contributed by atoms with Crippen LogP contribution in [0.1, 0.15) is 0 Å². The molecule has 5 aromatic rings. The van der Waals surface area contributed by atoms with Crippen molar-refractivity contribution < 1.29 is 13.2 Å². The number of rotatable bonds is 2. The van der Waals surface area contributed by atoms with E-state index < -0.39 is 11.6 Å². The molecular weight excluding hydrogens is 369 g/mol. The molecule has 0 atom stereocenters. The lowest BCUT2D eigenvalue weighted by Gasteiger charge is -2.18. The van der Waals surface area contributed by atoms with Crippen molar-refractivity contribution in [2.45, 2.75) is 0 Å². The Morgan fingerprint density at radius 2 is 1.03 bits per heavy atom. The predicted octanol–water partition coefficient (Wildman–Crippen LogP) is 7.74. The summed E-state index contributed by atoms with van der Waals surface area (Å²) in [6.45, 7) is 0. The van der Waals surface area contributed by atoms with Crippen molar-refractivity contribution in [1.82, 2.24) is 0 Å². The van der Waals surface area contributed by atoms with E-state index in [1.807, 2.05) is 54.6 Å². The van der Waals surface area contributed by atoms with Gasteiger partial charge in [-0.3, -0.25) is 0 Å². The number of hydrogen-bond donors (Lipinski definition) is 0. The molecule has 0 saturated carbocycles. The Morgan fingerprint density at radius 1 is 0.448 bits per heavy atom. The van der Waals surface area contributed by atoms with E-state index in [9.17, 15) is 13.2 Å². The van der Waals surface area contributed by atoms with Crippen LogP contribution in [0.4, 0.5) is 13.2 Å². The summed E-state index contributed by atoms with van der Waals surface area (Å²) in [5.41, 5.74) is 2.76. The van der Waals surface area contributed by atoms with E-state index in [0.29, 0.717) is 16.5 Å². The third-order valence-electron chi connectivity index (χ3n) is 5.25. The zero-order chi connectivity index (χ0) is 20.0. The summed E-state index contributed by atoms with van der Waals surface area (Å²) in [7, 11) is 0. The minimum Gasteiger partial charge on any atom is -0.207 e. The first kappa shape index (κ1) is 17.5. The Kier molecular flexibility index (Phi) is 4.09. The summed E-state index contributed by atoms with van der Waals surface area (Å²) >= 11 is 0. The van der Waals surface area contributed by atoms with Gasteiger partial charge in [0.25, 0.3) is 0 Å². The zero-order valence-electron chi connectivity index (χ0n) is 15.3. The molecule has 0 radical (unpaired) electrons. The fourth-order valence-corrected chi connectivity index (χ4v) is 4.05. The fraction of sp³-hybridized carbons (Fsp3) is 0. The van der Waals surface area contributed by atoms with Gasteiger partial charge in [-0.1, -0.05) is 60.7 Å². The SMILES string of the molecule is Fc1ccc(-c2c3ccccc3c(-c3ccccc3)c3cc(F)ccc23)c(F)c1. The first-order chi connectivity index (χ1) is 14.1. The second-order valence-corrected chi connectivity index (χ2v) is 6.98. The summed E-state index contributed by atoms with van der Waals surface area (Å²) in [4.78, 5) is 0. The van der Waals surface area contributed by atoms with Crippen molar-refractivity contribution in [3.63, 3.8) is 0 Å². The highest BCUT2D eigenvalue weighted by atomic mass is 19.1. The third-order valence-corrected chi connectivity index (χ3v) is 5.25. The molecule has 0 nitrogen and oxygen atoms in total. The molecular formula is C26H15F3. The summed E-state index contributed by atoms with van der Waals surface area (Å²) in [5.74, 6) is -1.64. The molecule has 0 spiro atoms. The zero-order valence-corrected chi connectivity index (χ0v) is 15.3. The van der Waals surface area contributed by atoms with E-state index in [4.69, 9.17) is 0 Å². The Morgan fingerprint density at radius 3 is 1.76 bits per heavy atom. The summed E-state index contributed by atoms with van der Waals surface area (Å²) in [5, 5.41) is 3.12. The minimum absolute atomic E-state index is 0.291. The molecule has 0 bridgehead atoms. The van der Waals surface area contributed by atoms with Crippen LogP contribution in [0.25, 0.3) is 43.8 Å². The molecule has 0 fully saturated rings. The van der Waals surface area contributed by atoms with Crippen LogP contribution < -0.4 is 0 Å². The Hall–Kier alpha value is -3.59. The molecule has 140 valence electrons. The van der Waals surface area contributed by atoms with Crippen molar-refractivity contribution >= 4 is 21.5 Å². The standard InChI is InChI=1S/C26H15F3/c27-17-10-12-21-23(14-17)25(16-6-2-1-3-7-16)19-8-4-5-9-20(19)26(21)22-13-11-18(28)15-24(22)29/h1-15H. The van der Waals surface area contributed by atoms with E-state index in [2.05, 4.69) is 0 Å². The van der Waals surface area contributed by atoms with Crippen molar-refractivity contribution in [1.29, 1.82) is 0 Å². The van der Waals surface area contributed by atoms with E-state index in [0.717, 1.165) is 33.4 Å². The van der Waals surface area contributed by atoms with Gasteiger partial charge < -0.3 is 0 Å². The van der Waals surface area contributed by atoms with Gasteiger partial charge in [0, 0.05) is 17.2 Å². The number of hydrogen-bond acceptors (Lipinski definition) is 0. The molecule has 0 saturated heterocycles. The largest absolute Gasteiger partial charge is 0.207 e. The van der Waals surface area contributed by atoms with Crippen LogP contribution in [0.5, 0.6) is 0 Å². The highest BCUT2D eigenvalue weighted by Crippen LogP contribution is 2.44. The third kappa shape index (κ3) is 2.87. The first-order valence-electron chi connectivity index (χ1n) is 9.28. The molecule has 0 heterocycles. The van der Waals surface area contributed by atoms with Crippen LogP contribution in [0.2, 0.25) is 0 Å². The Labute approximate surface area is 165 Å². The van der Waals surface area contributed by atoms with Crippen LogP contribution in [-0.4, -0.2) is 0 Å². The molecule has 3 heteroatoms. The van der Waals surface area contributed by atoms with E-state index in [1.54, 1.807) is 6.07 Å². The van der Waals surface area contributed by atoms with Crippen molar-refractivity contribution in [3.8, 4) is 22.3 Å². The number of fused-ring (bicyclic) bond motifs is 2. The van der Waals surface area contributed by atoms with E-state index >= 15 is 0 Å². The normalized spacial score (nSPS) is 11.3. The maximum Gasteiger partial charge on any atom is 0.133 e. The molecule has 5 rings (SSSR count). The van der Waals surface area contributed by atoms with Gasteiger partial charge >= 0.3 is 0 Å². The molecule has 0 unspecified atom stereocenters. The topological polar surface area (TPSA) is 0 Å². The van der Waals surface area contributed by atoms with E-state index in [1.165, 1.54) is 24.3 Å². The molecule has 0 aliphatic heterocycles. The molecule has 0 amide bonds. The molecule has 5 aromatic carbocycles. The summed E-state index contributed by atoms with van der Waals surface area (Å²) in [6, 6.07) is 25.5. The Balaban J connectivity index is 2.02. The highest BCUT2D eigenvalue weighted by molar-refractivity contribution is 6.21. The van der Waals surface area contributed by atoms with Gasteiger partial charge in [0.05, 0.1) is 0 Å². The summed E-state index contributed by atoms with van der Waals surface area (Å²) < 4.78 is 42.6. The van der Waals surface area contributed by atoms with Gasteiger partial charge in [-0.25, -0.2) is 13.2 Å². The Bertz CT molecular complexity index is 1370. The average molecular weight is 384 g/mol. The maximum atomic E-state index is 14.8. The van der Waals surface area contributed by atoms with Crippen LogP contribution in [0.15, 0.2) is 91.0 Å². The van der Waals surface area contributed by atoms with Gasteiger partial charge in [-0.15, -0.1) is 0 Å². The van der Waals surface area contributed by atoms with Gasteiger partial charge in [-0.2, -0.15) is 0 Å². The molecule has 0 aromatic heterocycles. The smallest absolute Gasteiger partial charge is 0.133 e. The van der Waals surface area contributed by atoms with Crippen LogP contribution in [0, 0.1) is 17.5 Å². The fourth-order valence-electron chi connectivity index (χ4n) is 4.05. The second-order valence-electron chi connectivity index (χ2n) is 6.98. The van der Waals surface area contributed by atoms with Crippen molar-refractivity contribution in [3.05, 3.63) is 108 Å². The number of benzene rings is 5. The number of halogens is 3. The van der Waals surface area contributed by atoms with Crippen LogP contribution in [0.3, 0.4) is 0 Å². The quantitative estimate of drug-likeness (QED) is 0.273. The van der Waals surface area contributed by atoms with Gasteiger partial charge in [0.15, 0.2) is 0 Å². The van der Waals surface area contributed by atoms with Crippen molar-refractivity contribution in [2.75, 3.05) is 0 Å². The second kappa shape index (κ2) is 6.78. The van der Waals surface area contributed by atoms with Gasteiger partial charge in [0.2, 0.25) is 0 Å². The minimum atomic E-state index is -0.645. The highest BCUT2D eigenvalue weighted by Gasteiger charge is 2.19. The van der Waals surface area contributed by atoms with Crippen LogP contribution in [-0.2, 0) is 0 Å². The monoisotopic (exact) mass is 384 g/mol. The van der Waals surface area contributed by atoms with Gasteiger partial charge in [-0.05, 0) is 56.9 Å². The maximum absolute atomic E-state index is 14.8. The summed E-state index contributed by atoms with van der Waals surface area (Å²) in [6.07, 6.45) is 0.